The predicted molar refractivity (Wildman–Crippen MR) is 70.7 cm³/mol. The van der Waals surface area contributed by atoms with Gasteiger partial charge in [0.2, 0.25) is 0 Å². The van der Waals surface area contributed by atoms with Crippen LogP contribution in [0.1, 0.15) is 19.4 Å². The van der Waals surface area contributed by atoms with Crippen molar-refractivity contribution in [3.63, 3.8) is 0 Å². The summed E-state index contributed by atoms with van der Waals surface area (Å²) < 4.78 is 33.9. The van der Waals surface area contributed by atoms with Gasteiger partial charge in [0.25, 0.3) is 6.43 Å². The third-order valence-electron chi connectivity index (χ3n) is 2.29. The second kappa shape index (κ2) is 8.82. The summed E-state index contributed by atoms with van der Waals surface area (Å²) in [6, 6.07) is 7.80. The number of ether oxygens (including phenoxy) is 2. The lowest BCUT2D eigenvalue weighted by atomic mass is 10.2. The predicted octanol–water partition coefficient (Wildman–Crippen LogP) is 2.85. The second-order valence-electron chi connectivity index (χ2n) is 4.45. The number of alkyl halides is 2. The van der Waals surface area contributed by atoms with Crippen LogP contribution in [0, 0.1) is 0 Å². The van der Waals surface area contributed by atoms with Gasteiger partial charge >= 0.3 is 0 Å². The van der Waals surface area contributed by atoms with E-state index in [-0.39, 0.29) is 6.10 Å². The molecule has 0 saturated carbocycles. The van der Waals surface area contributed by atoms with Crippen molar-refractivity contribution >= 4 is 0 Å². The van der Waals surface area contributed by atoms with Crippen molar-refractivity contribution in [1.29, 1.82) is 0 Å². The summed E-state index contributed by atoms with van der Waals surface area (Å²) in [5, 5.41) is 3.12. The molecule has 0 amide bonds. The van der Waals surface area contributed by atoms with Crippen LogP contribution in [0.4, 0.5) is 8.78 Å². The van der Waals surface area contributed by atoms with Gasteiger partial charge in [0.15, 0.2) is 0 Å². The number of hydrogen-bond donors (Lipinski definition) is 1. The molecule has 1 aromatic carbocycles. The van der Waals surface area contributed by atoms with E-state index in [1.165, 1.54) is 0 Å². The van der Waals surface area contributed by atoms with E-state index in [2.05, 4.69) is 5.32 Å². The molecule has 0 aliphatic heterocycles. The first-order valence-electron chi connectivity index (χ1n) is 6.40. The largest absolute Gasteiger partial charge is 0.491 e. The second-order valence-corrected chi connectivity index (χ2v) is 4.45. The van der Waals surface area contributed by atoms with Crippen molar-refractivity contribution in [3.8, 4) is 5.75 Å². The first kappa shape index (κ1) is 15.9. The number of hydrogen-bond acceptors (Lipinski definition) is 3. The quantitative estimate of drug-likeness (QED) is 0.702. The zero-order chi connectivity index (χ0) is 14.1. The molecule has 0 unspecified atom stereocenters. The van der Waals surface area contributed by atoms with Gasteiger partial charge in [0.05, 0.1) is 12.7 Å². The van der Waals surface area contributed by atoms with Crippen LogP contribution in [0.3, 0.4) is 0 Å². The summed E-state index contributed by atoms with van der Waals surface area (Å²) >= 11 is 0. The molecule has 0 spiro atoms. The number of nitrogens with one attached hydrogen (secondary N) is 1. The maximum Gasteiger partial charge on any atom is 0.261 e. The average molecular weight is 273 g/mol. The van der Waals surface area contributed by atoms with Gasteiger partial charge in [-0.15, -0.1) is 0 Å². The molecule has 108 valence electrons. The van der Waals surface area contributed by atoms with Crippen molar-refractivity contribution in [2.45, 2.75) is 32.9 Å². The van der Waals surface area contributed by atoms with Gasteiger partial charge in [0, 0.05) is 13.1 Å². The van der Waals surface area contributed by atoms with Crippen LogP contribution in [-0.4, -0.2) is 32.3 Å². The van der Waals surface area contributed by atoms with E-state index in [0.29, 0.717) is 19.7 Å². The molecular formula is C14H21F2NO2. The molecule has 0 heterocycles. The Balaban J connectivity index is 2.16. The van der Waals surface area contributed by atoms with E-state index in [9.17, 15) is 8.78 Å². The molecule has 19 heavy (non-hydrogen) atoms. The number of halogens is 2. The summed E-state index contributed by atoms with van der Waals surface area (Å²) in [5.41, 5.74) is 1.12. The summed E-state index contributed by atoms with van der Waals surface area (Å²) in [7, 11) is 0. The third-order valence-corrected chi connectivity index (χ3v) is 2.29. The van der Waals surface area contributed by atoms with E-state index < -0.39 is 13.0 Å². The van der Waals surface area contributed by atoms with E-state index >= 15 is 0 Å². The Kier molecular flexibility index (Phi) is 7.36. The molecule has 0 aliphatic carbocycles. The summed E-state index contributed by atoms with van der Waals surface area (Å²) in [5.74, 6) is 0.846. The van der Waals surface area contributed by atoms with Gasteiger partial charge in [0.1, 0.15) is 12.4 Å². The summed E-state index contributed by atoms with van der Waals surface area (Å²) in [4.78, 5) is 0. The van der Waals surface area contributed by atoms with Gasteiger partial charge in [-0.1, -0.05) is 12.1 Å². The molecule has 0 atom stereocenters. The smallest absolute Gasteiger partial charge is 0.261 e. The highest BCUT2D eigenvalue weighted by atomic mass is 19.3. The molecule has 0 radical (unpaired) electrons. The highest BCUT2D eigenvalue weighted by Gasteiger charge is 2.01. The zero-order valence-electron chi connectivity index (χ0n) is 11.4. The van der Waals surface area contributed by atoms with Gasteiger partial charge in [-0.05, 0) is 31.5 Å². The minimum Gasteiger partial charge on any atom is -0.491 e. The first-order valence-corrected chi connectivity index (χ1v) is 6.40. The lowest BCUT2D eigenvalue weighted by Crippen LogP contribution is -2.20. The SMILES string of the molecule is CC(C)Oc1ccc(CNCCOCC(F)F)cc1. The fraction of sp³-hybridized carbons (Fsp3) is 0.571. The lowest BCUT2D eigenvalue weighted by molar-refractivity contribution is 0.0187. The Labute approximate surface area is 112 Å². The topological polar surface area (TPSA) is 30.5 Å². The molecule has 1 aromatic rings. The van der Waals surface area contributed by atoms with Crippen molar-refractivity contribution in [2.75, 3.05) is 19.8 Å². The monoisotopic (exact) mass is 273 g/mol. The third kappa shape index (κ3) is 7.74. The van der Waals surface area contributed by atoms with Crippen LogP contribution >= 0.6 is 0 Å². The fourth-order valence-electron chi connectivity index (χ4n) is 1.51. The number of benzene rings is 1. The van der Waals surface area contributed by atoms with Crippen LogP contribution in [0.2, 0.25) is 0 Å². The van der Waals surface area contributed by atoms with Crippen molar-refractivity contribution in [3.05, 3.63) is 29.8 Å². The van der Waals surface area contributed by atoms with Crippen LogP contribution in [0.5, 0.6) is 5.75 Å². The Morgan fingerprint density at radius 3 is 2.42 bits per heavy atom. The zero-order valence-corrected chi connectivity index (χ0v) is 11.4. The minimum atomic E-state index is -2.39. The summed E-state index contributed by atoms with van der Waals surface area (Å²) in [6.45, 7) is 4.99. The van der Waals surface area contributed by atoms with E-state index in [4.69, 9.17) is 9.47 Å². The van der Waals surface area contributed by atoms with E-state index in [1.54, 1.807) is 0 Å². The normalized spacial score (nSPS) is 11.3. The highest BCUT2D eigenvalue weighted by molar-refractivity contribution is 5.27. The standard InChI is InChI=1S/C14H21F2NO2/c1-11(2)19-13-5-3-12(4-6-13)9-17-7-8-18-10-14(15)16/h3-6,11,14,17H,7-10H2,1-2H3. The molecule has 5 heteroatoms. The molecule has 1 rings (SSSR count). The Morgan fingerprint density at radius 1 is 1.16 bits per heavy atom. The maximum atomic E-state index is 11.8. The maximum absolute atomic E-state index is 11.8. The van der Waals surface area contributed by atoms with Crippen LogP contribution < -0.4 is 10.1 Å². The van der Waals surface area contributed by atoms with Crippen LogP contribution in [-0.2, 0) is 11.3 Å². The van der Waals surface area contributed by atoms with Crippen molar-refractivity contribution < 1.29 is 18.3 Å². The highest BCUT2D eigenvalue weighted by Crippen LogP contribution is 2.13. The molecule has 0 bridgehead atoms. The van der Waals surface area contributed by atoms with Gasteiger partial charge in [-0.2, -0.15) is 0 Å². The van der Waals surface area contributed by atoms with E-state index in [0.717, 1.165) is 11.3 Å². The van der Waals surface area contributed by atoms with Gasteiger partial charge in [-0.3, -0.25) is 0 Å². The first-order chi connectivity index (χ1) is 9.08. The van der Waals surface area contributed by atoms with Crippen LogP contribution in [0.25, 0.3) is 0 Å². The molecule has 3 nitrogen and oxygen atoms in total. The van der Waals surface area contributed by atoms with Crippen molar-refractivity contribution in [2.24, 2.45) is 0 Å². The Bertz CT molecular complexity index is 342. The molecule has 1 N–H and O–H groups in total. The van der Waals surface area contributed by atoms with E-state index in [1.807, 2.05) is 38.1 Å². The van der Waals surface area contributed by atoms with Crippen LogP contribution in [0.15, 0.2) is 24.3 Å². The minimum absolute atomic E-state index is 0.163. The molecule has 0 fully saturated rings. The molecular weight excluding hydrogens is 252 g/mol. The molecule has 0 aliphatic rings. The molecule has 0 saturated heterocycles. The fourth-order valence-corrected chi connectivity index (χ4v) is 1.51. The summed E-state index contributed by atoms with van der Waals surface area (Å²) in [6.07, 6.45) is -2.23. The lowest BCUT2D eigenvalue weighted by Gasteiger charge is -2.10. The Morgan fingerprint density at radius 2 is 1.84 bits per heavy atom. The van der Waals surface area contributed by atoms with Gasteiger partial charge in [-0.25, -0.2) is 8.78 Å². The van der Waals surface area contributed by atoms with Crippen molar-refractivity contribution in [1.82, 2.24) is 5.32 Å². The average Bonchev–Trinajstić information content (AvgIpc) is 2.34. The molecule has 0 aromatic heterocycles. The Hall–Kier alpha value is -1.20. The van der Waals surface area contributed by atoms with Gasteiger partial charge < -0.3 is 14.8 Å². The number of rotatable bonds is 9.